The number of ether oxygens (including phenoxy) is 1. The van der Waals surface area contributed by atoms with Crippen LogP contribution >= 0.6 is 0 Å². The van der Waals surface area contributed by atoms with Crippen LogP contribution in [0.3, 0.4) is 0 Å². The van der Waals surface area contributed by atoms with Crippen LogP contribution in [0, 0.1) is 0 Å². The zero-order chi connectivity index (χ0) is 14.2. The molecule has 0 spiro atoms. The van der Waals surface area contributed by atoms with Crippen LogP contribution in [0.1, 0.15) is 36.0 Å². The highest BCUT2D eigenvalue weighted by molar-refractivity contribution is 5.98. The van der Waals surface area contributed by atoms with Gasteiger partial charge in [-0.25, -0.2) is 0 Å². The van der Waals surface area contributed by atoms with Gasteiger partial charge < -0.3 is 14.8 Å². The van der Waals surface area contributed by atoms with Crippen molar-refractivity contribution >= 4 is 12.2 Å². The van der Waals surface area contributed by atoms with Crippen molar-refractivity contribution < 1.29 is 14.3 Å². The lowest BCUT2D eigenvalue weighted by atomic mass is 10.1. The molecule has 0 fully saturated rings. The van der Waals surface area contributed by atoms with E-state index in [9.17, 15) is 9.59 Å². The van der Waals surface area contributed by atoms with Gasteiger partial charge in [0.05, 0.1) is 18.2 Å². The number of rotatable bonds is 1. The summed E-state index contributed by atoms with van der Waals surface area (Å²) in [6, 6.07) is 6.62. The van der Waals surface area contributed by atoms with Crippen LogP contribution in [0.25, 0.3) is 0 Å². The van der Waals surface area contributed by atoms with Crippen LogP contribution in [0.2, 0.25) is 0 Å². The molecule has 4 heteroatoms. The van der Waals surface area contributed by atoms with Gasteiger partial charge in [0.2, 0.25) is 0 Å². The lowest BCUT2D eigenvalue weighted by Gasteiger charge is -2.13. The Labute approximate surface area is 118 Å². The molecule has 1 aliphatic rings. The zero-order valence-corrected chi connectivity index (χ0v) is 11.4. The van der Waals surface area contributed by atoms with E-state index in [1.807, 2.05) is 18.2 Å². The van der Waals surface area contributed by atoms with Crippen molar-refractivity contribution in [3.63, 3.8) is 0 Å². The fourth-order valence-electron chi connectivity index (χ4n) is 2.08. The number of hydrogen-bond donors (Lipinski definition) is 1. The van der Waals surface area contributed by atoms with Crippen molar-refractivity contribution in [2.75, 3.05) is 6.61 Å². The van der Waals surface area contributed by atoms with Gasteiger partial charge in [-0.15, -0.1) is 0 Å². The first-order valence-corrected chi connectivity index (χ1v) is 6.94. The van der Waals surface area contributed by atoms with E-state index in [0.29, 0.717) is 24.3 Å². The molecule has 1 amide bonds. The maximum Gasteiger partial charge on any atom is 0.255 e. The molecule has 106 valence electrons. The molecule has 1 heterocycles. The molecule has 0 bridgehead atoms. The molecule has 1 aromatic rings. The van der Waals surface area contributed by atoms with Gasteiger partial charge in [-0.05, 0) is 37.8 Å². The minimum atomic E-state index is -0.493. The molecule has 1 N–H and O–H groups in total. The fourth-order valence-corrected chi connectivity index (χ4v) is 2.08. The SMILES string of the molecule is O=C[C@@H]1CC=CCCCCOc2ccccc2C(=O)N1. The number of amides is 1. The first-order valence-electron chi connectivity index (χ1n) is 6.94. The molecule has 4 nitrogen and oxygen atoms in total. The minimum absolute atomic E-state index is 0.273. The number of fused-ring (bicyclic) bond motifs is 1. The van der Waals surface area contributed by atoms with E-state index in [1.165, 1.54) is 0 Å². The summed E-state index contributed by atoms with van der Waals surface area (Å²) < 4.78 is 5.67. The number of allylic oxidation sites excluding steroid dienone is 1. The molecule has 2 rings (SSSR count). The third-order valence-electron chi connectivity index (χ3n) is 3.19. The average Bonchev–Trinajstić information content (AvgIpc) is 2.49. The summed E-state index contributed by atoms with van der Waals surface area (Å²) >= 11 is 0. The van der Waals surface area contributed by atoms with Crippen LogP contribution in [0.15, 0.2) is 36.4 Å². The summed E-state index contributed by atoms with van der Waals surface area (Å²) in [5.41, 5.74) is 0.475. The van der Waals surface area contributed by atoms with Crippen LogP contribution in [-0.4, -0.2) is 24.8 Å². The number of nitrogens with one attached hydrogen (secondary N) is 1. The van der Waals surface area contributed by atoms with E-state index >= 15 is 0 Å². The van der Waals surface area contributed by atoms with Crippen LogP contribution in [0.5, 0.6) is 5.75 Å². The standard InChI is InChI=1S/C16H19NO3/c18-12-13-8-4-2-1-3-7-11-20-15-10-6-5-9-14(15)16(19)17-13/h2,4-6,9-10,12-13H,1,3,7-8,11H2,(H,17,19)/t13-/m0/s1. The highest BCUT2D eigenvalue weighted by Crippen LogP contribution is 2.19. The minimum Gasteiger partial charge on any atom is -0.493 e. The number of carbonyl (C=O) groups is 2. The van der Waals surface area contributed by atoms with Gasteiger partial charge in [-0.2, -0.15) is 0 Å². The van der Waals surface area contributed by atoms with E-state index in [1.54, 1.807) is 18.2 Å². The van der Waals surface area contributed by atoms with Crippen molar-refractivity contribution in [1.29, 1.82) is 0 Å². The summed E-state index contributed by atoms with van der Waals surface area (Å²) in [5.74, 6) is 0.298. The second kappa shape index (κ2) is 7.48. The Balaban J connectivity index is 2.20. The third kappa shape index (κ3) is 3.95. The topological polar surface area (TPSA) is 55.4 Å². The van der Waals surface area contributed by atoms with Gasteiger partial charge in [-0.3, -0.25) is 4.79 Å². The molecule has 1 aliphatic heterocycles. The summed E-state index contributed by atoms with van der Waals surface area (Å²) in [7, 11) is 0. The molecule has 0 saturated carbocycles. The second-order valence-corrected chi connectivity index (χ2v) is 4.76. The molecular weight excluding hydrogens is 254 g/mol. The summed E-state index contributed by atoms with van der Waals surface area (Å²) in [5, 5.41) is 2.72. The lowest BCUT2D eigenvalue weighted by Crippen LogP contribution is -2.35. The van der Waals surface area contributed by atoms with Gasteiger partial charge in [-0.1, -0.05) is 24.3 Å². The first-order chi connectivity index (χ1) is 9.81. The van der Waals surface area contributed by atoms with E-state index in [0.717, 1.165) is 25.5 Å². The molecule has 1 aromatic carbocycles. The Bertz CT molecular complexity index is 496. The molecule has 20 heavy (non-hydrogen) atoms. The van der Waals surface area contributed by atoms with E-state index in [2.05, 4.69) is 5.32 Å². The Hall–Kier alpha value is -2.10. The normalized spacial score (nSPS) is 20.4. The van der Waals surface area contributed by atoms with Crippen molar-refractivity contribution in [2.45, 2.75) is 31.7 Å². The van der Waals surface area contributed by atoms with Gasteiger partial charge >= 0.3 is 0 Å². The van der Waals surface area contributed by atoms with Crippen LogP contribution in [0.4, 0.5) is 0 Å². The Kier molecular flexibility index (Phi) is 5.35. The summed E-state index contributed by atoms with van der Waals surface area (Å²) in [4.78, 5) is 23.2. The van der Waals surface area contributed by atoms with Gasteiger partial charge in [0.1, 0.15) is 12.0 Å². The predicted molar refractivity (Wildman–Crippen MR) is 76.9 cm³/mol. The van der Waals surface area contributed by atoms with Crippen molar-refractivity contribution in [3.05, 3.63) is 42.0 Å². The zero-order valence-electron chi connectivity index (χ0n) is 11.4. The lowest BCUT2D eigenvalue weighted by molar-refractivity contribution is -0.109. The highest BCUT2D eigenvalue weighted by Gasteiger charge is 2.16. The number of hydrogen-bond acceptors (Lipinski definition) is 3. The van der Waals surface area contributed by atoms with Gasteiger partial charge in [0, 0.05) is 0 Å². The smallest absolute Gasteiger partial charge is 0.255 e. The van der Waals surface area contributed by atoms with Crippen molar-refractivity contribution in [2.24, 2.45) is 0 Å². The van der Waals surface area contributed by atoms with Gasteiger partial charge in [0.25, 0.3) is 5.91 Å². The Morgan fingerprint density at radius 2 is 2.05 bits per heavy atom. The summed E-state index contributed by atoms with van der Waals surface area (Å²) in [6.07, 6.45) is 8.23. The maximum absolute atomic E-state index is 12.2. The highest BCUT2D eigenvalue weighted by atomic mass is 16.5. The molecule has 0 saturated heterocycles. The number of carbonyl (C=O) groups excluding carboxylic acids is 2. The quantitative estimate of drug-likeness (QED) is 0.632. The molecule has 0 aromatic heterocycles. The molecule has 0 aliphatic carbocycles. The van der Waals surface area contributed by atoms with Crippen LogP contribution in [-0.2, 0) is 4.79 Å². The van der Waals surface area contributed by atoms with Gasteiger partial charge in [0.15, 0.2) is 0 Å². The third-order valence-corrected chi connectivity index (χ3v) is 3.19. The Morgan fingerprint density at radius 1 is 1.20 bits per heavy atom. The second-order valence-electron chi connectivity index (χ2n) is 4.76. The molecule has 1 atom stereocenters. The predicted octanol–water partition coefficient (Wildman–Crippen LogP) is 2.49. The average molecular weight is 273 g/mol. The molecule has 0 radical (unpaired) electrons. The fraction of sp³-hybridized carbons (Fsp3) is 0.375. The summed E-state index contributed by atoms with van der Waals surface area (Å²) in [6.45, 7) is 0.593. The van der Waals surface area contributed by atoms with Crippen LogP contribution < -0.4 is 10.1 Å². The molecule has 0 unspecified atom stereocenters. The van der Waals surface area contributed by atoms with E-state index in [4.69, 9.17) is 4.74 Å². The van der Waals surface area contributed by atoms with E-state index < -0.39 is 6.04 Å². The number of benzene rings is 1. The number of para-hydroxylation sites is 1. The van der Waals surface area contributed by atoms with E-state index in [-0.39, 0.29) is 5.91 Å². The number of aldehydes is 1. The maximum atomic E-state index is 12.2. The first kappa shape index (κ1) is 14.3. The monoisotopic (exact) mass is 273 g/mol. The Morgan fingerprint density at radius 3 is 2.90 bits per heavy atom. The molecular formula is C16H19NO3. The largest absolute Gasteiger partial charge is 0.493 e. The van der Waals surface area contributed by atoms with Crippen molar-refractivity contribution in [3.8, 4) is 5.75 Å². The van der Waals surface area contributed by atoms with Crippen molar-refractivity contribution in [1.82, 2.24) is 5.32 Å².